The maximum atomic E-state index is 5.81. The third-order valence-corrected chi connectivity index (χ3v) is 5.12. The average Bonchev–Trinajstić information content (AvgIpc) is 2.89. The summed E-state index contributed by atoms with van der Waals surface area (Å²) in [6, 6.07) is 5.05. The van der Waals surface area contributed by atoms with Gasteiger partial charge in [0.05, 0.1) is 6.10 Å². The van der Waals surface area contributed by atoms with Crippen molar-refractivity contribution in [2.24, 2.45) is 0 Å². The van der Waals surface area contributed by atoms with Crippen molar-refractivity contribution in [3.8, 4) is 0 Å². The molecule has 1 N–H and O–H groups in total. The summed E-state index contributed by atoms with van der Waals surface area (Å²) in [7, 11) is 2.07. The number of hydrogen-bond acceptors (Lipinski definition) is 3. The number of nitrogens with one attached hydrogen (secondary N) is 1. The monoisotopic (exact) mass is 267 g/mol. The van der Waals surface area contributed by atoms with E-state index in [9.17, 15) is 0 Å². The average molecular weight is 267 g/mol. The molecule has 1 fully saturated rings. The van der Waals surface area contributed by atoms with Gasteiger partial charge in [-0.1, -0.05) is 6.92 Å². The molecule has 2 unspecified atom stereocenters. The molecule has 0 bridgehead atoms. The van der Waals surface area contributed by atoms with Crippen LogP contribution in [0, 0.1) is 0 Å². The minimum Gasteiger partial charge on any atom is -0.378 e. The molecule has 0 aromatic carbocycles. The minimum absolute atomic E-state index is 0.500. The van der Waals surface area contributed by atoms with Gasteiger partial charge < -0.3 is 10.1 Å². The second-order valence-corrected chi connectivity index (χ2v) is 6.26. The predicted molar refractivity (Wildman–Crippen MR) is 78.3 cm³/mol. The number of thiophene rings is 1. The van der Waals surface area contributed by atoms with E-state index in [2.05, 4.69) is 31.4 Å². The van der Waals surface area contributed by atoms with Gasteiger partial charge in [-0.15, -0.1) is 11.3 Å². The lowest BCUT2D eigenvalue weighted by atomic mass is 10.0. The van der Waals surface area contributed by atoms with Crippen molar-refractivity contribution in [2.75, 3.05) is 13.7 Å². The molecule has 0 radical (unpaired) electrons. The van der Waals surface area contributed by atoms with Crippen LogP contribution in [-0.4, -0.2) is 19.8 Å². The first-order valence-electron chi connectivity index (χ1n) is 7.21. The van der Waals surface area contributed by atoms with Crippen LogP contribution in [0.1, 0.15) is 54.8 Å². The van der Waals surface area contributed by atoms with Crippen LogP contribution in [0.3, 0.4) is 0 Å². The second kappa shape index (κ2) is 7.27. The molecule has 2 heterocycles. The highest BCUT2D eigenvalue weighted by Crippen LogP contribution is 2.28. The van der Waals surface area contributed by atoms with Crippen molar-refractivity contribution in [2.45, 2.75) is 57.6 Å². The van der Waals surface area contributed by atoms with E-state index in [1.807, 2.05) is 11.3 Å². The van der Waals surface area contributed by atoms with E-state index in [0.29, 0.717) is 12.1 Å². The molecular weight excluding hydrogens is 242 g/mol. The van der Waals surface area contributed by atoms with Crippen LogP contribution < -0.4 is 5.32 Å². The summed E-state index contributed by atoms with van der Waals surface area (Å²) in [6.45, 7) is 3.19. The molecule has 1 saturated heterocycles. The van der Waals surface area contributed by atoms with Crippen molar-refractivity contribution < 1.29 is 4.74 Å². The Labute approximate surface area is 115 Å². The molecule has 0 aliphatic carbocycles. The van der Waals surface area contributed by atoms with E-state index < -0.39 is 0 Å². The van der Waals surface area contributed by atoms with Gasteiger partial charge in [0.2, 0.25) is 0 Å². The van der Waals surface area contributed by atoms with E-state index in [4.69, 9.17) is 4.74 Å². The van der Waals surface area contributed by atoms with E-state index >= 15 is 0 Å². The minimum atomic E-state index is 0.500. The van der Waals surface area contributed by atoms with Crippen molar-refractivity contribution in [3.63, 3.8) is 0 Å². The van der Waals surface area contributed by atoms with Crippen LogP contribution in [0.25, 0.3) is 0 Å². The molecule has 18 heavy (non-hydrogen) atoms. The van der Waals surface area contributed by atoms with Crippen LogP contribution in [0.5, 0.6) is 0 Å². The molecule has 2 atom stereocenters. The van der Waals surface area contributed by atoms with Crippen LogP contribution in [0.4, 0.5) is 0 Å². The van der Waals surface area contributed by atoms with E-state index in [1.165, 1.54) is 41.9 Å². The van der Waals surface area contributed by atoms with Gasteiger partial charge in [0.1, 0.15) is 0 Å². The smallest absolute Gasteiger partial charge is 0.0575 e. The zero-order valence-electron chi connectivity index (χ0n) is 11.6. The van der Waals surface area contributed by atoms with Crippen molar-refractivity contribution >= 4 is 11.3 Å². The first kappa shape index (κ1) is 14.0. The highest BCUT2D eigenvalue weighted by Gasteiger charge is 2.17. The molecule has 1 aliphatic rings. The molecule has 3 heteroatoms. The SMILES string of the molecule is CCc1ccc(C(CCC2CCCCO2)NC)s1. The van der Waals surface area contributed by atoms with Gasteiger partial charge in [0, 0.05) is 22.4 Å². The lowest BCUT2D eigenvalue weighted by Gasteiger charge is -2.24. The van der Waals surface area contributed by atoms with Crippen LogP contribution >= 0.6 is 11.3 Å². The topological polar surface area (TPSA) is 21.3 Å². The molecule has 0 amide bonds. The summed E-state index contributed by atoms with van der Waals surface area (Å²) < 4.78 is 5.81. The first-order chi connectivity index (χ1) is 8.83. The Morgan fingerprint density at radius 3 is 2.94 bits per heavy atom. The standard InChI is InChI=1S/C15H25NOS/c1-3-13-8-10-15(18-13)14(16-2)9-7-12-6-4-5-11-17-12/h8,10,12,14,16H,3-7,9,11H2,1-2H3. The van der Waals surface area contributed by atoms with E-state index in [-0.39, 0.29) is 0 Å². The number of ether oxygens (including phenoxy) is 1. The maximum absolute atomic E-state index is 5.81. The lowest BCUT2D eigenvalue weighted by molar-refractivity contribution is 0.00871. The van der Waals surface area contributed by atoms with E-state index in [1.54, 1.807) is 0 Å². The Hall–Kier alpha value is -0.380. The van der Waals surface area contributed by atoms with Gasteiger partial charge in [-0.3, -0.25) is 0 Å². The molecule has 2 nitrogen and oxygen atoms in total. The van der Waals surface area contributed by atoms with Crippen LogP contribution in [0.2, 0.25) is 0 Å². The third kappa shape index (κ3) is 3.81. The van der Waals surface area contributed by atoms with Gasteiger partial charge in [-0.05, 0) is 57.7 Å². The summed E-state index contributed by atoms with van der Waals surface area (Å²) in [6.07, 6.45) is 7.86. The summed E-state index contributed by atoms with van der Waals surface area (Å²) in [4.78, 5) is 2.96. The molecule has 1 aromatic rings. The molecule has 0 saturated carbocycles. The Kier molecular flexibility index (Phi) is 5.67. The largest absolute Gasteiger partial charge is 0.378 e. The highest BCUT2D eigenvalue weighted by molar-refractivity contribution is 7.12. The van der Waals surface area contributed by atoms with Crippen molar-refractivity contribution in [3.05, 3.63) is 21.9 Å². The maximum Gasteiger partial charge on any atom is 0.0575 e. The second-order valence-electron chi connectivity index (χ2n) is 5.06. The van der Waals surface area contributed by atoms with Gasteiger partial charge in [-0.25, -0.2) is 0 Å². The van der Waals surface area contributed by atoms with Crippen LogP contribution in [-0.2, 0) is 11.2 Å². The fraction of sp³-hybridized carbons (Fsp3) is 0.733. The lowest BCUT2D eigenvalue weighted by Crippen LogP contribution is -2.22. The van der Waals surface area contributed by atoms with Crippen molar-refractivity contribution in [1.29, 1.82) is 0 Å². The van der Waals surface area contributed by atoms with Gasteiger partial charge in [0.15, 0.2) is 0 Å². The summed E-state index contributed by atoms with van der Waals surface area (Å²) in [5.74, 6) is 0. The number of hydrogen-bond donors (Lipinski definition) is 1. The molecule has 2 rings (SSSR count). The fourth-order valence-electron chi connectivity index (χ4n) is 2.59. The molecule has 102 valence electrons. The number of rotatable bonds is 6. The molecule has 1 aromatic heterocycles. The molecule has 0 spiro atoms. The Balaban J connectivity index is 1.84. The normalized spacial score (nSPS) is 22.0. The van der Waals surface area contributed by atoms with E-state index in [0.717, 1.165) is 13.0 Å². The first-order valence-corrected chi connectivity index (χ1v) is 8.02. The molecular formula is C15H25NOS. The van der Waals surface area contributed by atoms with Crippen LogP contribution in [0.15, 0.2) is 12.1 Å². The Bertz CT molecular complexity index is 344. The fourth-order valence-corrected chi connectivity index (χ4v) is 3.69. The zero-order chi connectivity index (χ0) is 12.8. The summed E-state index contributed by atoms with van der Waals surface area (Å²) >= 11 is 1.95. The van der Waals surface area contributed by atoms with Gasteiger partial charge >= 0.3 is 0 Å². The number of aryl methyl sites for hydroxylation is 1. The highest BCUT2D eigenvalue weighted by atomic mass is 32.1. The Morgan fingerprint density at radius 2 is 2.33 bits per heavy atom. The predicted octanol–water partition coefficient (Wildman–Crippen LogP) is 3.92. The quantitative estimate of drug-likeness (QED) is 0.843. The summed E-state index contributed by atoms with van der Waals surface area (Å²) in [5.41, 5.74) is 0. The zero-order valence-corrected chi connectivity index (χ0v) is 12.4. The Morgan fingerprint density at radius 1 is 1.44 bits per heavy atom. The molecule has 1 aliphatic heterocycles. The third-order valence-electron chi connectivity index (χ3n) is 3.77. The van der Waals surface area contributed by atoms with Gasteiger partial charge in [0.25, 0.3) is 0 Å². The van der Waals surface area contributed by atoms with Gasteiger partial charge in [-0.2, -0.15) is 0 Å². The summed E-state index contributed by atoms with van der Waals surface area (Å²) in [5, 5.41) is 3.45. The van der Waals surface area contributed by atoms with Crippen molar-refractivity contribution in [1.82, 2.24) is 5.32 Å².